The Morgan fingerprint density at radius 1 is 1.47 bits per heavy atom. The molecule has 1 aliphatic heterocycles. The monoisotopic (exact) mass is 280 g/mol. The van der Waals surface area contributed by atoms with Crippen molar-refractivity contribution in [3.63, 3.8) is 0 Å². The molecule has 0 spiro atoms. The standard InChI is InChI=1S/C15H24N2OS/c1-4-15(3,5-2)16-10-14(18)17-8-6-13-12(11-17)7-9-19-13/h7,9,16H,4-6,8,10-11H2,1-3H3. The highest BCUT2D eigenvalue weighted by atomic mass is 32.1. The van der Waals surface area contributed by atoms with E-state index in [1.165, 1.54) is 10.4 Å². The van der Waals surface area contributed by atoms with Crippen molar-refractivity contribution in [3.8, 4) is 0 Å². The molecule has 0 saturated heterocycles. The highest BCUT2D eigenvalue weighted by Gasteiger charge is 2.24. The zero-order valence-electron chi connectivity index (χ0n) is 12.2. The Hall–Kier alpha value is -0.870. The summed E-state index contributed by atoms with van der Waals surface area (Å²) in [6.45, 7) is 8.63. The molecule has 0 unspecified atom stereocenters. The smallest absolute Gasteiger partial charge is 0.236 e. The Labute approximate surface area is 120 Å². The van der Waals surface area contributed by atoms with Crippen LogP contribution in [0.25, 0.3) is 0 Å². The number of nitrogens with zero attached hydrogens (tertiary/aromatic N) is 1. The van der Waals surface area contributed by atoms with Crippen LogP contribution in [0.1, 0.15) is 44.1 Å². The van der Waals surface area contributed by atoms with Crippen molar-refractivity contribution in [1.82, 2.24) is 10.2 Å². The summed E-state index contributed by atoms with van der Waals surface area (Å²) in [5, 5.41) is 5.55. The van der Waals surface area contributed by atoms with E-state index in [0.717, 1.165) is 32.4 Å². The Morgan fingerprint density at radius 2 is 2.21 bits per heavy atom. The maximum Gasteiger partial charge on any atom is 0.236 e. The second-order valence-corrected chi connectivity index (χ2v) is 6.56. The lowest BCUT2D eigenvalue weighted by molar-refractivity contribution is -0.131. The fourth-order valence-electron chi connectivity index (χ4n) is 2.36. The predicted molar refractivity (Wildman–Crippen MR) is 80.4 cm³/mol. The molecule has 1 N–H and O–H groups in total. The molecular formula is C15H24N2OS. The second kappa shape index (κ2) is 6.06. The first kappa shape index (κ1) is 14.5. The molecular weight excluding hydrogens is 256 g/mol. The molecule has 0 atom stereocenters. The van der Waals surface area contributed by atoms with Gasteiger partial charge in [0.05, 0.1) is 6.54 Å². The molecule has 1 aliphatic rings. The summed E-state index contributed by atoms with van der Waals surface area (Å²) in [5.41, 5.74) is 1.41. The lowest BCUT2D eigenvalue weighted by Gasteiger charge is -2.31. The summed E-state index contributed by atoms with van der Waals surface area (Å²) >= 11 is 1.81. The number of rotatable bonds is 5. The van der Waals surface area contributed by atoms with Crippen LogP contribution in [0.4, 0.5) is 0 Å². The molecule has 0 saturated carbocycles. The quantitative estimate of drug-likeness (QED) is 0.899. The van der Waals surface area contributed by atoms with Crippen LogP contribution in [-0.4, -0.2) is 29.4 Å². The highest BCUT2D eigenvalue weighted by Crippen LogP contribution is 2.24. The SMILES string of the molecule is CCC(C)(CC)NCC(=O)N1CCc2sccc2C1. The third-order valence-corrected chi connectivity index (χ3v) is 5.41. The number of carbonyl (C=O) groups excluding carboxylic acids is 1. The van der Waals surface area contributed by atoms with Crippen LogP contribution in [0.15, 0.2) is 11.4 Å². The minimum absolute atomic E-state index is 0.0823. The molecule has 3 nitrogen and oxygen atoms in total. The van der Waals surface area contributed by atoms with Crippen LogP contribution in [0.5, 0.6) is 0 Å². The Balaban J connectivity index is 1.88. The van der Waals surface area contributed by atoms with Crippen LogP contribution in [0.3, 0.4) is 0 Å². The van der Waals surface area contributed by atoms with Crippen LogP contribution < -0.4 is 5.32 Å². The Morgan fingerprint density at radius 3 is 2.89 bits per heavy atom. The zero-order chi connectivity index (χ0) is 13.9. The molecule has 1 amide bonds. The van der Waals surface area contributed by atoms with Crippen molar-refractivity contribution in [3.05, 3.63) is 21.9 Å². The molecule has 0 radical (unpaired) electrons. The number of fused-ring (bicyclic) bond motifs is 1. The van der Waals surface area contributed by atoms with Gasteiger partial charge in [0.1, 0.15) is 0 Å². The molecule has 0 bridgehead atoms. The molecule has 2 rings (SSSR count). The molecule has 0 aliphatic carbocycles. The van der Waals surface area contributed by atoms with Gasteiger partial charge in [-0.2, -0.15) is 0 Å². The van der Waals surface area contributed by atoms with E-state index in [1.807, 2.05) is 16.2 Å². The fourth-order valence-corrected chi connectivity index (χ4v) is 3.25. The first-order valence-electron chi connectivity index (χ1n) is 7.16. The Bertz CT molecular complexity index is 437. The van der Waals surface area contributed by atoms with E-state index in [9.17, 15) is 4.79 Å². The minimum atomic E-state index is 0.0823. The lowest BCUT2D eigenvalue weighted by atomic mass is 9.95. The molecule has 19 heavy (non-hydrogen) atoms. The first-order valence-corrected chi connectivity index (χ1v) is 8.04. The van der Waals surface area contributed by atoms with Gasteiger partial charge in [-0.05, 0) is 43.2 Å². The summed E-state index contributed by atoms with van der Waals surface area (Å²) in [6.07, 6.45) is 3.11. The van der Waals surface area contributed by atoms with Crippen molar-refractivity contribution >= 4 is 17.2 Å². The second-order valence-electron chi connectivity index (χ2n) is 5.56. The van der Waals surface area contributed by atoms with Gasteiger partial charge in [0.15, 0.2) is 0 Å². The average molecular weight is 280 g/mol. The van der Waals surface area contributed by atoms with E-state index in [1.54, 1.807) is 0 Å². The fraction of sp³-hybridized carbons (Fsp3) is 0.667. The normalized spacial score (nSPS) is 15.4. The minimum Gasteiger partial charge on any atom is -0.337 e. The van der Waals surface area contributed by atoms with Gasteiger partial charge in [-0.3, -0.25) is 4.79 Å². The Kier molecular flexibility index (Phi) is 4.63. The summed E-state index contributed by atoms with van der Waals surface area (Å²) in [7, 11) is 0. The van der Waals surface area contributed by atoms with Crippen LogP contribution in [0.2, 0.25) is 0 Å². The van der Waals surface area contributed by atoms with E-state index < -0.39 is 0 Å². The maximum atomic E-state index is 12.3. The number of thiophene rings is 1. The third-order valence-electron chi connectivity index (χ3n) is 4.39. The van der Waals surface area contributed by atoms with Crippen molar-refractivity contribution in [2.75, 3.05) is 13.1 Å². The average Bonchev–Trinajstić information content (AvgIpc) is 2.91. The summed E-state index contributed by atoms with van der Waals surface area (Å²) < 4.78 is 0. The molecule has 1 aromatic rings. The lowest BCUT2D eigenvalue weighted by Crippen LogP contribution is -2.48. The van der Waals surface area contributed by atoms with E-state index in [4.69, 9.17) is 0 Å². The van der Waals surface area contributed by atoms with E-state index in [0.29, 0.717) is 6.54 Å². The van der Waals surface area contributed by atoms with Gasteiger partial charge in [-0.1, -0.05) is 13.8 Å². The zero-order valence-corrected chi connectivity index (χ0v) is 13.0. The van der Waals surface area contributed by atoms with Crippen molar-refractivity contribution < 1.29 is 4.79 Å². The largest absolute Gasteiger partial charge is 0.337 e. The first-order chi connectivity index (χ1) is 9.08. The third kappa shape index (κ3) is 3.37. The van der Waals surface area contributed by atoms with Crippen LogP contribution in [0, 0.1) is 0 Å². The molecule has 0 aromatic carbocycles. The van der Waals surface area contributed by atoms with Crippen LogP contribution >= 0.6 is 11.3 Å². The van der Waals surface area contributed by atoms with Gasteiger partial charge in [-0.25, -0.2) is 0 Å². The summed E-state index contributed by atoms with van der Waals surface area (Å²) in [6, 6.07) is 2.15. The van der Waals surface area contributed by atoms with Gasteiger partial charge >= 0.3 is 0 Å². The molecule has 0 fully saturated rings. The molecule has 2 heterocycles. The van der Waals surface area contributed by atoms with Gasteiger partial charge in [-0.15, -0.1) is 11.3 Å². The number of hydrogen-bond acceptors (Lipinski definition) is 3. The van der Waals surface area contributed by atoms with Gasteiger partial charge in [0.25, 0.3) is 0 Å². The van der Waals surface area contributed by atoms with E-state index in [2.05, 4.69) is 37.5 Å². The highest BCUT2D eigenvalue weighted by molar-refractivity contribution is 7.10. The topological polar surface area (TPSA) is 32.3 Å². The van der Waals surface area contributed by atoms with Gasteiger partial charge in [0, 0.05) is 23.5 Å². The number of nitrogens with one attached hydrogen (secondary N) is 1. The number of carbonyl (C=O) groups is 1. The summed E-state index contributed by atoms with van der Waals surface area (Å²) in [4.78, 5) is 15.7. The van der Waals surface area contributed by atoms with E-state index in [-0.39, 0.29) is 11.4 Å². The number of hydrogen-bond donors (Lipinski definition) is 1. The van der Waals surface area contributed by atoms with Gasteiger partial charge < -0.3 is 10.2 Å². The number of amides is 1. The van der Waals surface area contributed by atoms with Crippen molar-refractivity contribution in [2.24, 2.45) is 0 Å². The molecule has 106 valence electrons. The van der Waals surface area contributed by atoms with E-state index >= 15 is 0 Å². The van der Waals surface area contributed by atoms with Crippen molar-refractivity contribution in [2.45, 2.75) is 52.1 Å². The predicted octanol–water partition coefficient (Wildman–Crippen LogP) is 2.80. The molecule has 4 heteroatoms. The summed E-state index contributed by atoms with van der Waals surface area (Å²) in [5.74, 6) is 0.227. The maximum absolute atomic E-state index is 12.3. The van der Waals surface area contributed by atoms with Gasteiger partial charge in [0.2, 0.25) is 5.91 Å². The molecule has 1 aromatic heterocycles. The van der Waals surface area contributed by atoms with Crippen LogP contribution in [-0.2, 0) is 17.8 Å². The van der Waals surface area contributed by atoms with Crippen molar-refractivity contribution in [1.29, 1.82) is 0 Å².